The first-order chi connectivity index (χ1) is 13.2. The van der Waals surface area contributed by atoms with Crippen LogP contribution in [0.2, 0.25) is 0 Å². The molecule has 5 nitrogen and oxygen atoms in total. The van der Waals surface area contributed by atoms with E-state index in [9.17, 15) is 5.11 Å². The molecule has 0 spiro atoms. The predicted octanol–water partition coefficient (Wildman–Crippen LogP) is 3.05. The van der Waals surface area contributed by atoms with Crippen LogP contribution in [-0.4, -0.2) is 41.9 Å². The summed E-state index contributed by atoms with van der Waals surface area (Å²) < 4.78 is 24.1. The van der Waals surface area contributed by atoms with E-state index in [-0.39, 0.29) is 0 Å². The third-order valence-corrected chi connectivity index (χ3v) is 5.45. The highest BCUT2D eigenvalue weighted by atomic mass is 16.8. The Labute approximate surface area is 159 Å². The number of fused-ring (bicyclic) bond motifs is 2. The lowest BCUT2D eigenvalue weighted by Gasteiger charge is -2.46. The second-order valence-electron chi connectivity index (χ2n) is 7.15. The van der Waals surface area contributed by atoms with Crippen molar-refractivity contribution in [3.8, 4) is 0 Å². The molecule has 2 aliphatic rings. The molecule has 27 heavy (non-hydrogen) atoms. The zero-order valence-corrected chi connectivity index (χ0v) is 15.5. The van der Waals surface area contributed by atoms with Gasteiger partial charge in [-0.15, -0.1) is 0 Å². The van der Waals surface area contributed by atoms with E-state index in [1.807, 2.05) is 67.6 Å². The van der Waals surface area contributed by atoms with Gasteiger partial charge in [-0.3, -0.25) is 0 Å². The Kier molecular flexibility index (Phi) is 5.57. The summed E-state index contributed by atoms with van der Waals surface area (Å²) in [6.07, 6.45) is -1.45. The van der Waals surface area contributed by atoms with Crippen molar-refractivity contribution in [2.75, 3.05) is 6.61 Å². The summed E-state index contributed by atoms with van der Waals surface area (Å²) in [6, 6.07) is 19.9. The zero-order valence-electron chi connectivity index (χ0n) is 15.5. The summed E-state index contributed by atoms with van der Waals surface area (Å²) in [7, 11) is 0. The number of ether oxygens (including phenoxy) is 4. The summed E-state index contributed by atoms with van der Waals surface area (Å²) in [5.41, 5.74) is 0.959. The second kappa shape index (κ2) is 8.09. The number of rotatable bonds is 7. The van der Waals surface area contributed by atoms with Crippen molar-refractivity contribution in [3.05, 3.63) is 71.8 Å². The summed E-state index contributed by atoms with van der Waals surface area (Å²) in [5.74, 6) is 0. The normalized spacial score (nSPS) is 32.5. The van der Waals surface area contributed by atoms with Crippen LogP contribution in [0.5, 0.6) is 0 Å². The Morgan fingerprint density at radius 1 is 0.963 bits per heavy atom. The Balaban J connectivity index is 1.53. The van der Waals surface area contributed by atoms with E-state index >= 15 is 0 Å². The van der Waals surface area contributed by atoms with Gasteiger partial charge in [-0.05, 0) is 17.5 Å². The molecule has 2 saturated heterocycles. The van der Waals surface area contributed by atoms with Crippen molar-refractivity contribution in [3.63, 3.8) is 0 Å². The Morgan fingerprint density at radius 3 is 2.15 bits per heavy atom. The van der Waals surface area contributed by atoms with Crippen molar-refractivity contribution in [2.45, 2.75) is 56.8 Å². The van der Waals surface area contributed by atoms with E-state index < -0.39 is 30.2 Å². The average molecular weight is 370 g/mol. The molecule has 2 heterocycles. The fourth-order valence-corrected chi connectivity index (χ4v) is 3.83. The van der Waals surface area contributed by atoms with Crippen LogP contribution in [0.15, 0.2) is 60.7 Å². The molecule has 2 fully saturated rings. The zero-order chi connectivity index (χ0) is 18.7. The minimum Gasteiger partial charge on any atom is -0.384 e. The highest BCUT2D eigenvalue weighted by Gasteiger charge is 2.59. The third-order valence-electron chi connectivity index (χ3n) is 5.45. The lowest BCUT2D eigenvalue weighted by Crippen LogP contribution is -2.64. The average Bonchev–Trinajstić information content (AvgIpc) is 3.18. The summed E-state index contributed by atoms with van der Waals surface area (Å²) in [6.45, 7) is 3.10. The van der Waals surface area contributed by atoms with E-state index in [2.05, 4.69) is 0 Å². The van der Waals surface area contributed by atoms with Crippen LogP contribution in [0.1, 0.15) is 24.5 Å². The van der Waals surface area contributed by atoms with Crippen molar-refractivity contribution in [1.82, 2.24) is 0 Å². The van der Waals surface area contributed by atoms with Crippen molar-refractivity contribution < 1.29 is 24.1 Å². The molecule has 0 saturated carbocycles. The first kappa shape index (κ1) is 18.6. The highest BCUT2D eigenvalue weighted by Crippen LogP contribution is 2.41. The predicted molar refractivity (Wildman–Crippen MR) is 99.9 cm³/mol. The molecule has 0 aromatic heterocycles. The molecular formula is C22H26O5. The molecule has 1 N–H and O–H groups in total. The minimum absolute atomic E-state index is 0.353. The fraction of sp³-hybridized carbons (Fsp3) is 0.455. The van der Waals surface area contributed by atoms with E-state index in [4.69, 9.17) is 18.9 Å². The standard InChI is InChI=1S/C22H26O5/c1-2-22(23)18-15-26-21(27-18)19(24-13-16-9-5-3-6-10-16)20(22)25-14-17-11-7-4-8-12-17/h3-12,18-21,23H,2,13-15H2,1H3/t18-,19-,20-,21-,22+/m1/s1. The van der Waals surface area contributed by atoms with Gasteiger partial charge in [-0.25, -0.2) is 0 Å². The minimum atomic E-state index is -1.15. The van der Waals surface area contributed by atoms with Gasteiger partial charge in [-0.2, -0.15) is 0 Å². The smallest absolute Gasteiger partial charge is 0.187 e. The van der Waals surface area contributed by atoms with Gasteiger partial charge in [0, 0.05) is 0 Å². The van der Waals surface area contributed by atoms with E-state index in [0.717, 1.165) is 11.1 Å². The number of hydrogen-bond donors (Lipinski definition) is 1. The SMILES string of the molecule is CC[C@@]1(O)[C@H](OCc2ccccc2)[C@@H](OCc2ccccc2)[C@@H]2OC[C@H]1O2. The number of hydrogen-bond acceptors (Lipinski definition) is 5. The van der Waals surface area contributed by atoms with Gasteiger partial charge in [-0.1, -0.05) is 67.6 Å². The van der Waals surface area contributed by atoms with Crippen LogP contribution in [-0.2, 0) is 32.2 Å². The lowest BCUT2D eigenvalue weighted by atomic mass is 9.83. The molecule has 0 aliphatic carbocycles. The van der Waals surface area contributed by atoms with E-state index in [1.54, 1.807) is 0 Å². The monoisotopic (exact) mass is 370 g/mol. The van der Waals surface area contributed by atoms with Crippen LogP contribution < -0.4 is 0 Å². The van der Waals surface area contributed by atoms with Gasteiger partial charge in [0.15, 0.2) is 6.29 Å². The second-order valence-corrected chi connectivity index (χ2v) is 7.15. The van der Waals surface area contributed by atoms with Crippen LogP contribution in [0, 0.1) is 0 Å². The maximum absolute atomic E-state index is 11.4. The third kappa shape index (κ3) is 3.79. The molecule has 0 radical (unpaired) electrons. The van der Waals surface area contributed by atoms with Gasteiger partial charge in [0.2, 0.25) is 0 Å². The maximum atomic E-state index is 11.4. The van der Waals surface area contributed by atoms with Crippen molar-refractivity contribution >= 4 is 0 Å². The number of benzene rings is 2. The van der Waals surface area contributed by atoms with Crippen molar-refractivity contribution in [1.29, 1.82) is 0 Å². The molecule has 2 aromatic carbocycles. The largest absolute Gasteiger partial charge is 0.384 e. The highest BCUT2D eigenvalue weighted by molar-refractivity contribution is 5.15. The van der Waals surface area contributed by atoms with E-state index in [1.165, 1.54) is 0 Å². The van der Waals surface area contributed by atoms with Gasteiger partial charge in [0.05, 0.1) is 19.8 Å². The lowest BCUT2D eigenvalue weighted by molar-refractivity contribution is -0.293. The van der Waals surface area contributed by atoms with Crippen LogP contribution in [0.25, 0.3) is 0 Å². The van der Waals surface area contributed by atoms with E-state index in [0.29, 0.717) is 26.2 Å². The quantitative estimate of drug-likeness (QED) is 0.812. The molecule has 5 atom stereocenters. The molecular weight excluding hydrogens is 344 g/mol. The molecule has 2 aliphatic heterocycles. The molecule has 144 valence electrons. The van der Waals surface area contributed by atoms with Gasteiger partial charge < -0.3 is 24.1 Å². The molecule has 0 unspecified atom stereocenters. The van der Waals surface area contributed by atoms with Gasteiger partial charge in [0.1, 0.15) is 23.9 Å². The Morgan fingerprint density at radius 2 is 1.56 bits per heavy atom. The fourth-order valence-electron chi connectivity index (χ4n) is 3.83. The Bertz CT molecular complexity index is 722. The summed E-state index contributed by atoms with van der Waals surface area (Å²) in [5, 5.41) is 11.4. The molecule has 4 rings (SSSR count). The Hall–Kier alpha value is -1.76. The van der Waals surface area contributed by atoms with Gasteiger partial charge >= 0.3 is 0 Å². The summed E-state index contributed by atoms with van der Waals surface area (Å²) >= 11 is 0. The number of aliphatic hydroxyl groups is 1. The molecule has 2 bridgehead atoms. The molecule has 2 aromatic rings. The molecule has 5 heteroatoms. The summed E-state index contributed by atoms with van der Waals surface area (Å²) in [4.78, 5) is 0. The van der Waals surface area contributed by atoms with Crippen LogP contribution in [0.4, 0.5) is 0 Å². The maximum Gasteiger partial charge on any atom is 0.187 e. The first-order valence-electron chi connectivity index (χ1n) is 9.51. The van der Waals surface area contributed by atoms with Crippen LogP contribution in [0.3, 0.4) is 0 Å². The van der Waals surface area contributed by atoms with Crippen molar-refractivity contribution in [2.24, 2.45) is 0 Å². The first-order valence-corrected chi connectivity index (χ1v) is 9.51. The topological polar surface area (TPSA) is 57.2 Å². The van der Waals surface area contributed by atoms with Gasteiger partial charge in [0.25, 0.3) is 0 Å². The van der Waals surface area contributed by atoms with Crippen LogP contribution >= 0.6 is 0 Å². The molecule has 0 amide bonds.